The van der Waals surface area contributed by atoms with Crippen LogP contribution in [-0.4, -0.2) is 57.5 Å². The molecule has 3 fully saturated rings. The van der Waals surface area contributed by atoms with E-state index in [9.17, 15) is 13.2 Å². The van der Waals surface area contributed by atoms with Gasteiger partial charge in [0.1, 0.15) is 31.0 Å². The highest BCUT2D eigenvalue weighted by Crippen LogP contribution is 2.42. The molecule has 5 atom stereocenters. The number of hydrogen-bond donors (Lipinski definition) is 0. The number of esters is 1. The summed E-state index contributed by atoms with van der Waals surface area (Å²) in [6.07, 6.45) is -4.12. The number of hydrogen-bond acceptors (Lipinski definition) is 9. The molecule has 3 saturated heterocycles. The highest BCUT2D eigenvalue weighted by Gasteiger charge is 2.61. The van der Waals surface area contributed by atoms with Crippen LogP contribution in [-0.2, 0) is 42.5 Å². The highest BCUT2D eigenvalue weighted by atomic mass is 32.3. The lowest BCUT2D eigenvalue weighted by molar-refractivity contribution is -0.230. The largest absolute Gasteiger partial charge is 0.463 e. The van der Waals surface area contributed by atoms with Crippen molar-refractivity contribution < 1.29 is 40.5 Å². The second-order valence-electron chi connectivity index (χ2n) is 5.48. The van der Waals surface area contributed by atoms with Crippen molar-refractivity contribution in [2.45, 2.75) is 57.3 Å². The van der Waals surface area contributed by atoms with Crippen molar-refractivity contribution in [2.24, 2.45) is 0 Å². The van der Waals surface area contributed by atoms with Gasteiger partial charge in [0.2, 0.25) is 0 Å². The SMILES string of the molecule is CC(=O)OC[C@H]1OS(=O)(=O)O[C@@H]2[C@H]3OC(C)(C)O[C@H]3O[C@@H]21. The van der Waals surface area contributed by atoms with Gasteiger partial charge in [-0.3, -0.25) is 4.79 Å². The Balaban J connectivity index is 1.79. The minimum Gasteiger partial charge on any atom is -0.463 e. The molecule has 9 nitrogen and oxygen atoms in total. The predicted molar refractivity (Wildman–Crippen MR) is 64.0 cm³/mol. The molecule has 3 heterocycles. The van der Waals surface area contributed by atoms with E-state index in [1.807, 2.05) is 0 Å². The summed E-state index contributed by atoms with van der Waals surface area (Å²) in [6, 6.07) is 0. The molecule has 3 rings (SSSR count). The number of ether oxygens (including phenoxy) is 4. The van der Waals surface area contributed by atoms with Crippen LogP contribution in [0.15, 0.2) is 0 Å². The lowest BCUT2D eigenvalue weighted by Gasteiger charge is -2.33. The van der Waals surface area contributed by atoms with E-state index < -0.39 is 52.9 Å². The number of carbonyl (C=O) groups is 1. The zero-order valence-electron chi connectivity index (χ0n) is 11.7. The lowest BCUT2D eigenvalue weighted by Crippen LogP contribution is -2.51. The Morgan fingerprint density at radius 2 is 1.86 bits per heavy atom. The first-order valence-corrected chi connectivity index (χ1v) is 7.76. The van der Waals surface area contributed by atoms with Crippen LogP contribution in [0.4, 0.5) is 0 Å². The summed E-state index contributed by atoms with van der Waals surface area (Å²) in [5.41, 5.74) is 0. The second kappa shape index (κ2) is 4.86. The summed E-state index contributed by atoms with van der Waals surface area (Å²) in [7, 11) is -4.22. The van der Waals surface area contributed by atoms with Gasteiger partial charge in [-0.1, -0.05) is 0 Å². The topological polar surface area (TPSA) is 107 Å². The van der Waals surface area contributed by atoms with Crippen molar-refractivity contribution in [3.8, 4) is 0 Å². The molecule has 3 aliphatic rings. The summed E-state index contributed by atoms with van der Waals surface area (Å²) < 4.78 is 54.6. The minimum atomic E-state index is -4.22. The van der Waals surface area contributed by atoms with E-state index >= 15 is 0 Å². The molecule has 0 saturated carbocycles. The Bertz CT molecular complexity index is 542. The first kappa shape index (κ1) is 15.1. The van der Waals surface area contributed by atoms with Gasteiger partial charge in [0.25, 0.3) is 0 Å². The standard InChI is InChI=1S/C11H16O9S/c1-5(12)15-4-6-7-8(20-21(13,14)19-6)9-10(16-7)18-11(2,3)17-9/h6-10H,4H2,1-3H3/t6-,7-,8+,9-,10-/m1/s1. The monoisotopic (exact) mass is 324 g/mol. The summed E-state index contributed by atoms with van der Waals surface area (Å²) in [4.78, 5) is 10.9. The van der Waals surface area contributed by atoms with Gasteiger partial charge in [0.15, 0.2) is 12.1 Å². The van der Waals surface area contributed by atoms with Crippen LogP contribution >= 0.6 is 0 Å². The van der Waals surface area contributed by atoms with Gasteiger partial charge in [-0.2, -0.15) is 8.42 Å². The maximum atomic E-state index is 11.7. The summed E-state index contributed by atoms with van der Waals surface area (Å²) in [5, 5.41) is 0. The van der Waals surface area contributed by atoms with Crippen LogP contribution in [0, 0.1) is 0 Å². The van der Waals surface area contributed by atoms with Crippen molar-refractivity contribution in [1.82, 2.24) is 0 Å². The van der Waals surface area contributed by atoms with Crippen molar-refractivity contribution in [3.05, 3.63) is 0 Å². The average molecular weight is 324 g/mol. The maximum absolute atomic E-state index is 11.7. The van der Waals surface area contributed by atoms with Gasteiger partial charge in [-0.05, 0) is 13.8 Å². The third-order valence-electron chi connectivity index (χ3n) is 3.31. The van der Waals surface area contributed by atoms with Crippen LogP contribution in [0.25, 0.3) is 0 Å². The quantitative estimate of drug-likeness (QED) is 0.619. The molecule has 0 aliphatic carbocycles. The van der Waals surface area contributed by atoms with E-state index in [1.165, 1.54) is 6.92 Å². The van der Waals surface area contributed by atoms with E-state index in [1.54, 1.807) is 13.8 Å². The summed E-state index contributed by atoms with van der Waals surface area (Å²) >= 11 is 0. The summed E-state index contributed by atoms with van der Waals surface area (Å²) in [6.45, 7) is 4.33. The van der Waals surface area contributed by atoms with Crippen LogP contribution in [0.3, 0.4) is 0 Å². The fourth-order valence-corrected chi connectivity index (χ4v) is 3.60. The molecule has 3 aliphatic heterocycles. The molecule has 120 valence electrons. The normalized spacial score (nSPS) is 43.1. The van der Waals surface area contributed by atoms with Crippen LogP contribution < -0.4 is 0 Å². The van der Waals surface area contributed by atoms with Crippen molar-refractivity contribution in [3.63, 3.8) is 0 Å². The second-order valence-corrected chi connectivity index (χ2v) is 6.68. The first-order valence-electron chi connectivity index (χ1n) is 6.43. The molecule has 0 aromatic rings. The zero-order chi connectivity index (χ0) is 15.4. The number of fused-ring (bicyclic) bond motifs is 3. The highest BCUT2D eigenvalue weighted by molar-refractivity contribution is 7.81. The third-order valence-corrected chi connectivity index (χ3v) is 4.26. The molecular weight excluding hydrogens is 308 g/mol. The molecule has 0 spiro atoms. The van der Waals surface area contributed by atoms with Crippen molar-refractivity contribution in [2.75, 3.05) is 6.61 Å². The van der Waals surface area contributed by atoms with E-state index in [0.29, 0.717) is 0 Å². The van der Waals surface area contributed by atoms with E-state index in [2.05, 4.69) is 0 Å². The third kappa shape index (κ3) is 2.91. The molecule has 21 heavy (non-hydrogen) atoms. The Hall–Kier alpha value is -0.780. The minimum absolute atomic E-state index is 0.262. The summed E-state index contributed by atoms with van der Waals surface area (Å²) in [5.74, 6) is -1.44. The molecular formula is C11H16O9S. The zero-order valence-corrected chi connectivity index (χ0v) is 12.5. The molecule has 0 N–H and O–H groups in total. The average Bonchev–Trinajstić information content (AvgIpc) is 2.78. The molecule has 0 aromatic heterocycles. The molecule has 0 amide bonds. The smallest absolute Gasteiger partial charge is 0.400 e. The van der Waals surface area contributed by atoms with Crippen LogP contribution in [0.5, 0.6) is 0 Å². The Kier molecular flexibility index (Phi) is 3.50. The predicted octanol–water partition coefficient (Wildman–Crippen LogP) is -0.545. The lowest BCUT2D eigenvalue weighted by atomic mass is 10.1. The van der Waals surface area contributed by atoms with Gasteiger partial charge in [-0.15, -0.1) is 0 Å². The van der Waals surface area contributed by atoms with E-state index in [0.717, 1.165) is 0 Å². The Morgan fingerprint density at radius 3 is 2.52 bits per heavy atom. The van der Waals surface area contributed by atoms with Crippen LogP contribution in [0.2, 0.25) is 0 Å². The van der Waals surface area contributed by atoms with E-state index in [4.69, 9.17) is 27.3 Å². The molecule has 0 radical (unpaired) electrons. The van der Waals surface area contributed by atoms with E-state index in [-0.39, 0.29) is 6.61 Å². The Labute approximate surface area is 121 Å². The van der Waals surface area contributed by atoms with Crippen LogP contribution in [0.1, 0.15) is 20.8 Å². The number of carbonyl (C=O) groups excluding carboxylic acids is 1. The van der Waals surface area contributed by atoms with Gasteiger partial charge in [0.05, 0.1) is 0 Å². The fourth-order valence-electron chi connectivity index (χ4n) is 2.60. The molecule has 0 unspecified atom stereocenters. The van der Waals surface area contributed by atoms with Gasteiger partial charge in [-0.25, -0.2) is 8.37 Å². The number of rotatable bonds is 2. The van der Waals surface area contributed by atoms with Gasteiger partial charge in [0, 0.05) is 6.92 Å². The molecule has 0 aromatic carbocycles. The Morgan fingerprint density at radius 1 is 1.14 bits per heavy atom. The fraction of sp³-hybridized carbons (Fsp3) is 0.909. The van der Waals surface area contributed by atoms with Crippen molar-refractivity contribution >= 4 is 16.4 Å². The maximum Gasteiger partial charge on any atom is 0.400 e. The van der Waals surface area contributed by atoms with Gasteiger partial charge >= 0.3 is 16.4 Å². The molecule has 0 bridgehead atoms. The first-order chi connectivity index (χ1) is 9.67. The van der Waals surface area contributed by atoms with Gasteiger partial charge < -0.3 is 18.9 Å². The van der Waals surface area contributed by atoms with Crippen molar-refractivity contribution in [1.29, 1.82) is 0 Å². The molecule has 10 heteroatoms.